The lowest BCUT2D eigenvalue weighted by Gasteiger charge is -1.99. The monoisotopic (exact) mass is 369 g/mol. The van der Waals surface area contributed by atoms with Crippen molar-refractivity contribution in [2.24, 2.45) is 4.99 Å². The van der Waals surface area contributed by atoms with Gasteiger partial charge in [-0.3, -0.25) is 4.79 Å². The van der Waals surface area contributed by atoms with Crippen molar-refractivity contribution >= 4 is 51.0 Å². The summed E-state index contributed by atoms with van der Waals surface area (Å²) in [4.78, 5) is 16.5. The fourth-order valence-corrected chi connectivity index (χ4v) is 3.92. The van der Waals surface area contributed by atoms with Crippen molar-refractivity contribution in [2.45, 2.75) is 6.92 Å². The molecule has 8 heteroatoms. The highest BCUT2D eigenvalue weighted by atomic mass is 79.9. The number of hydrogen-bond acceptors (Lipinski definition) is 5. The van der Waals surface area contributed by atoms with Crippen LogP contribution in [0.5, 0.6) is 5.88 Å². The third-order valence-electron chi connectivity index (χ3n) is 2.95. The summed E-state index contributed by atoms with van der Waals surface area (Å²) >= 11 is 9.50. The maximum absolute atomic E-state index is 12.2. The summed E-state index contributed by atoms with van der Waals surface area (Å²) in [5.74, 6) is 4.98. The zero-order valence-electron chi connectivity index (χ0n) is 10.2. The summed E-state index contributed by atoms with van der Waals surface area (Å²) in [5.41, 5.74) is 1.32. The molecule has 0 aliphatic carbocycles. The molecular formula is C12H8BrN3O2S2. The van der Waals surface area contributed by atoms with E-state index in [0.29, 0.717) is 21.0 Å². The first kappa shape index (κ1) is 13.5. The van der Waals surface area contributed by atoms with Crippen LogP contribution in [0.25, 0.3) is 5.57 Å². The number of halogens is 1. The number of rotatable bonds is 1. The number of nitrogens with two attached hydrogens (primary N) is 1. The molecule has 3 rings (SSSR count). The molecule has 102 valence electrons. The SMILES string of the molecule is Cc1cc(Br)c2c(c1)=C(c1sc(=S)n(N)c1O)C(=O)N=2. The first-order valence-electron chi connectivity index (χ1n) is 5.54. The molecule has 2 aromatic rings. The van der Waals surface area contributed by atoms with Gasteiger partial charge in [0.15, 0.2) is 3.95 Å². The number of amides is 1. The van der Waals surface area contributed by atoms with Gasteiger partial charge in [-0.15, -0.1) is 0 Å². The van der Waals surface area contributed by atoms with Gasteiger partial charge in [0, 0.05) is 9.69 Å². The first-order valence-corrected chi connectivity index (χ1v) is 7.55. The lowest BCUT2D eigenvalue weighted by Crippen LogP contribution is -2.25. The van der Waals surface area contributed by atoms with E-state index in [1.54, 1.807) is 0 Å². The van der Waals surface area contributed by atoms with E-state index in [1.165, 1.54) is 0 Å². The van der Waals surface area contributed by atoms with E-state index in [9.17, 15) is 9.90 Å². The summed E-state index contributed by atoms with van der Waals surface area (Å²) in [5, 5.41) is 11.3. The lowest BCUT2D eigenvalue weighted by atomic mass is 10.1. The zero-order valence-corrected chi connectivity index (χ0v) is 13.4. The molecule has 0 bridgehead atoms. The lowest BCUT2D eigenvalue weighted by molar-refractivity contribution is -0.112. The normalized spacial score (nSPS) is 13.5. The molecule has 1 aromatic heterocycles. The number of aryl methyl sites for hydroxylation is 1. The molecule has 0 radical (unpaired) electrons. The van der Waals surface area contributed by atoms with Crippen LogP contribution in [0.1, 0.15) is 10.4 Å². The number of carbonyl (C=O) groups excluding carboxylic acids is 1. The number of hydrogen-bond donors (Lipinski definition) is 2. The predicted octanol–water partition coefficient (Wildman–Crippen LogP) is 1.13. The van der Waals surface area contributed by atoms with Gasteiger partial charge in [0.05, 0.1) is 10.9 Å². The fourth-order valence-electron chi connectivity index (χ4n) is 2.07. The Balaban J connectivity index is 2.49. The van der Waals surface area contributed by atoms with E-state index in [1.807, 2.05) is 19.1 Å². The Morgan fingerprint density at radius 3 is 2.80 bits per heavy atom. The molecule has 0 atom stereocenters. The smallest absolute Gasteiger partial charge is 0.279 e. The number of fused-ring (bicyclic) bond motifs is 1. The molecule has 2 heterocycles. The van der Waals surface area contributed by atoms with Crippen molar-refractivity contribution in [3.05, 3.63) is 41.6 Å². The molecule has 0 spiro atoms. The van der Waals surface area contributed by atoms with Crippen LogP contribution >= 0.6 is 39.5 Å². The molecule has 0 saturated heterocycles. The molecule has 3 N–H and O–H groups in total. The third kappa shape index (κ3) is 1.83. The van der Waals surface area contributed by atoms with Gasteiger partial charge < -0.3 is 10.9 Å². The molecule has 1 aromatic carbocycles. The van der Waals surface area contributed by atoms with Crippen LogP contribution in [0.3, 0.4) is 0 Å². The Morgan fingerprint density at radius 1 is 1.50 bits per heavy atom. The Kier molecular flexibility index (Phi) is 3.03. The Bertz CT molecular complexity index is 943. The molecule has 1 amide bonds. The van der Waals surface area contributed by atoms with Crippen LogP contribution < -0.4 is 16.4 Å². The number of thiazole rings is 1. The van der Waals surface area contributed by atoms with Crippen molar-refractivity contribution in [3.63, 3.8) is 0 Å². The van der Waals surface area contributed by atoms with E-state index < -0.39 is 5.91 Å². The van der Waals surface area contributed by atoms with Crippen LogP contribution in [0.2, 0.25) is 0 Å². The van der Waals surface area contributed by atoms with Gasteiger partial charge in [0.2, 0.25) is 5.88 Å². The van der Waals surface area contributed by atoms with Crippen LogP contribution in [0.4, 0.5) is 0 Å². The second-order valence-corrected chi connectivity index (χ2v) is 6.82. The number of carbonyl (C=O) groups is 1. The van der Waals surface area contributed by atoms with Gasteiger partial charge in [-0.25, -0.2) is 9.67 Å². The highest BCUT2D eigenvalue weighted by molar-refractivity contribution is 9.10. The minimum atomic E-state index is -0.404. The Labute approximate surface area is 130 Å². The predicted molar refractivity (Wildman–Crippen MR) is 82.1 cm³/mol. The van der Waals surface area contributed by atoms with Crippen LogP contribution in [0.15, 0.2) is 21.6 Å². The topological polar surface area (TPSA) is 80.6 Å². The molecule has 0 saturated carbocycles. The van der Waals surface area contributed by atoms with Crippen LogP contribution in [0, 0.1) is 10.9 Å². The number of benzene rings is 1. The molecule has 0 unspecified atom stereocenters. The third-order valence-corrected chi connectivity index (χ3v) is 4.96. The standard InChI is InChI=1S/C12H8BrN3O2S2/c1-4-2-5-7(9-11(18)16(14)12(19)20-9)10(17)15-8(5)6(13)3-4/h2-3,18H,14H2,1H3. The second kappa shape index (κ2) is 4.51. The van der Waals surface area contributed by atoms with Crippen LogP contribution in [-0.4, -0.2) is 15.7 Å². The second-order valence-electron chi connectivity index (χ2n) is 4.33. The number of aromatic nitrogens is 1. The molecule has 20 heavy (non-hydrogen) atoms. The highest BCUT2D eigenvalue weighted by Gasteiger charge is 2.25. The average molecular weight is 370 g/mol. The van der Waals surface area contributed by atoms with Crippen molar-refractivity contribution < 1.29 is 9.90 Å². The van der Waals surface area contributed by atoms with E-state index >= 15 is 0 Å². The number of aromatic hydroxyl groups is 1. The van der Waals surface area contributed by atoms with E-state index in [2.05, 4.69) is 20.9 Å². The summed E-state index contributed by atoms with van der Waals surface area (Å²) in [6, 6.07) is 3.74. The quantitative estimate of drug-likeness (QED) is 0.583. The van der Waals surface area contributed by atoms with Gasteiger partial charge >= 0.3 is 0 Å². The summed E-state index contributed by atoms with van der Waals surface area (Å²) < 4.78 is 2.02. The van der Waals surface area contributed by atoms with Gasteiger partial charge in [0.1, 0.15) is 4.88 Å². The van der Waals surface area contributed by atoms with Crippen molar-refractivity contribution in [1.82, 2.24) is 4.68 Å². The Hall–Kier alpha value is -1.51. The zero-order chi connectivity index (χ0) is 14.6. The van der Waals surface area contributed by atoms with Crippen molar-refractivity contribution in [2.75, 3.05) is 5.84 Å². The number of nitrogens with zero attached hydrogens (tertiary/aromatic N) is 2. The van der Waals surface area contributed by atoms with Crippen molar-refractivity contribution in [1.29, 1.82) is 0 Å². The maximum atomic E-state index is 12.2. The maximum Gasteiger partial charge on any atom is 0.279 e. The largest absolute Gasteiger partial charge is 0.492 e. The van der Waals surface area contributed by atoms with Gasteiger partial charge in [-0.1, -0.05) is 11.3 Å². The summed E-state index contributed by atoms with van der Waals surface area (Å²) in [7, 11) is 0. The van der Waals surface area contributed by atoms with Gasteiger partial charge in [-0.05, 0) is 52.8 Å². The highest BCUT2D eigenvalue weighted by Crippen LogP contribution is 2.31. The molecular weight excluding hydrogens is 362 g/mol. The Morgan fingerprint density at radius 2 is 2.20 bits per heavy atom. The molecule has 1 aliphatic heterocycles. The van der Waals surface area contributed by atoms with E-state index in [-0.39, 0.29) is 9.83 Å². The number of nitrogen functional groups attached to an aromatic ring is 1. The van der Waals surface area contributed by atoms with E-state index in [0.717, 1.165) is 26.0 Å². The molecule has 0 fully saturated rings. The molecule has 5 nitrogen and oxygen atoms in total. The minimum Gasteiger partial charge on any atom is -0.492 e. The molecule has 1 aliphatic rings. The average Bonchev–Trinajstić information content (AvgIpc) is 2.82. The van der Waals surface area contributed by atoms with Crippen LogP contribution in [-0.2, 0) is 4.79 Å². The van der Waals surface area contributed by atoms with Gasteiger partial charge in [0.25, 0.3) is 5.91 Å². The van der Waals surface area contributed by atoms with Crippen molar-refractivity contribution in [3.8, 4) is 5.88 Å². The van der Waals surface area contributed by atoms with Gasteiger partial charge in [-0.2, -0.15) is 0 Å². The fraction of sp³-hybridized carbons (Fsp3) is 0.0833. The minimum absolute atomic E-state index is 0.218. The first-order chi connectivity index (χ1) is 9.40. The summed E-state index contributed by atoms with van der Waals surface area (Å²) in [6.45, 7) is 1.92. The van der Waals surface area contributed by atoms with E-state index in [4.69, 9.17) is 18.1 Å². The summed E-state index contributed by atoms with van der Waals surface area (Å²) in [6.07, 6.45) is 0.